The van der Waals surface area contributed by atoms with Crippen molar-refractivity contribution in [2.24, 2.45) is 7.05 Å². The monoisotopic (exact) mass is 246 g/mol. The van der Waals surface area contributed by atoms with Crippen LogP contribution in [0.15, 0.2) is 5.16 Å². The number of hydrogen-bond donors (Lipinski definition) is 1. The summed E-state index contributed by atoms with van der Waals surface area (Å²) >= 11 is 3.73. The molecule has 1 aromatic rings. The number of rotatable bonds is 7. The van der Waals surface area contributed by atoms with Gasteiger partial charge in [-0.1, -0.05) is 18.7 Å². The third kappa shape index (κ3) is 4.04. The quantitative estimate of drug-likeness (QED) is 0.581. The summed E-state index contributed by atoms with van der Waals surface area (Å²) < 4.78 is 2.05. The maximum Gasteiger partial charge on any atom is 0.191 e. The Morgan fingerprint density at radius 1 is 1.33 bits per heavy atom. The van der Waals surface area contributed by atoms with Crippen molar-refractivity contribution in [1.29, 1.82) is 0 Å². The molecule has 0 spiro atoms. The van der Waals surface area contributed by atoms with E-state index >= 15 is 0 Å². The van der Waals surface area contributed by atoms with Gasteiger partial charge in [-0.25, -0.2) is 0 Å². The lowest BCUT2D eigenvalue weighted by molar-refractivity contribution is 0.682. The first kappa shape index (κ1) is 12.9. The molecule has 1 rings (SSSR count). The molecule has 1 N–H and O–H groups in total. The van der Waals surface area contributed by atoms with Crippen LogP contribution < -0.4 is 5.32 Å². The van der Waals surface area contributed by atoms with Crippen LogP contribution >= 0.6 is 23.5 Å². The van der Waals surface area contributed by atoms with Gasteiger partial charge in [-0.15, -0.1) is 10.2 Å². The molecule has 1 heterocycles. The summed E-state index contributed by atoms with van der Waals surface area (Å²) in [6, 6.07) is 0. The van der Waals surface area contributed by atoms with Crippen LogP contribution in [-0.4, -0.2) is 39.1 Å². The van der Waals surface area contributed by atoms with E-state index in [1.807, 2.05) is 25.9 Å². The van der Waals surface area contributed by atoms with E-state index in [1.165, 1.54) is 11.5 Å². The van der Waals surface area contributed by atoms with Gasteiger partial charge in [0.1, 0.15) is 5.82 Å². The largest absolute Gasteiger partial charge is 0.313 e. The highest BCUT2D eigenvalue weighted by molar-refractivity contribution is 8.02. The highest BCUT2D eigenvalue weighted by atomic mass is 32.2. The van der Waals surface area contributed by atoms with E-state index < -0.39 is 0 Å². The zero-order valence-corrected chi connectivity index (χ0v) is 11.1. The third-order valence-electron chi connectivity index (χ3n) is 1.92. The molecule has 0 unspecified atom stereocenters. The van der Waals surface area contributed by atoms with Gasteiger partial charge in [0.05, 0.1) is 6.54 Å². The molecular formula is C9H18N4S2. The van der Waals surface area contributed by atoms with Gasteiger partial charge in [0, 0.05) is 18.6 Å². The summed E-state index contributed by atoms with van der Waals surface area (Å²) in [4.78, 5) is 0. The highest BCUT2D eigenvalue weighted by Crippen LogP contribution is 2.16. The Morgan fingerprint density at radius 3 is 2.80 bits per heavy atom. The Balaban J connectivity index is 2.40. The minimum atomic E-state index is 0.772. The molecule has 0 bridgehead atoms. The Bertz CT molecular complexity index is 288. The minimum Gasteiger partial charge on any atom is -0.313 e. The summed E-state index contributed by atoms with van der Waals surface area (Å²) in [6.45, 7) is 2.95. The lowest BCUT2D eigenvalue weighted by Gasteiger charge is -2.02. The SMILES string of the molecule is CCSCCSc1nnc(CNC)n1C. The second-order valence-corrected chi connectivity index (χ2v) is 5.49. The summed E-state index contributed by atoms with van der Waals surface area (Å²) in [5.74, 6) is 4.45. The summed E-state index contributed by atoms with van der Waals surface area (Å²) in [5, 5.41) is 12.4. The fourth-order valence-electron chi connectivity index (χ4n) is 1.12. The molecule has 0 saturated carbocycles. The molecule has 15 heavy (non-hydrogen) atoms. The zero-order chi connectivity index (χ0) is 11.1. The van der Waals surface area contributed by atoms with Crippen molar-refractivity contribution in [3.05, 3.63) is 5.82 Å². The van der Waals surface area contributed by atoms with Gasteiger partial charge in [-0.3, -0.25) is 0 Å². The zero-order valence-electron chi connectivity index (χ0n) is 9.49. The van der Waals surface area contributed by atoms with Gasteiger partial charge in [0.2, 0.25) is 0 Å². The molecule has 4 nitrogen and oxygen atoms in total. The predicted octanol–water partition coefficient (Wildman–Crippen LogP) is 1.38. The molecule has 0 atom stereocenters. The van der Waals surface area contributed by atoms with Gasteiger partial charge < -0.3 is 9.88 Å². The molecule has 0 aliphatic carbocycles. The van der Waals surface area contributed by atoms with E-state index in [0.29, 0.717) is 0 Å². The van der Waals surface area contributed by atoms with Crippen molar-refractivity contribution >= 4 is 23.5 Å². The number of hydrogen-bond acceptors (Lipinski definition) is 5. The number of thioether (sulfide) groups is 2. The summed E-state index contributed by atoms with van der Waals surface area (Å²) in [5.41, 5.74) is 0. The van der Waals surface area contributed by atoms with Crippen LogP contribution in [0.1, 0.15) is 12.7 Å². The Hall–Kier alpha value is -0.200. The Morgan fingerprint density at radius 2 is 2.13 bits per heavy atom. The van der Waals surface area contributed by atoms with E-state index in [2.05, 4.69) is 27.0 Å². The molecule has 0 aromatic carbocycles. The molecule has 6 heteroatoms. The van der Waals surface area contributed by atoms with Crippen molar-refractivity contribution in [3.8, 4) is 0 Å². The first-order valence-corrected chi connectivity index (χ1v) is 7.17. The van der Waals surface area contributed by atoms with Crippen molar-refractivity contribution in [1.82, 2.24) is 20.1 Å². The van der Waals surface area contributed by atoms with Crippen LogP contribution in [0.4, 0.5) is 0 Å². The molecule has 0 amide bonds. The highest BCUT2D eigenvalue weighted by Gasteiger charge is 2.07. The number of nitrogens with zero attached hydrogens (tertiary/aromatic N) is 3. The van der Waals surface area contributed by atoms with E-state index in [4.69, 9.17) is 0 Å². The smallest absolute Gasteiger partial charge is 0.191 e. The molecule has 0 saturated heterocycles. The number of aromatic nitrogens is 3. The average Bonchev–Trinajstić information content (AvgIpc) is 2.57. The average molecular weight is 246 g/mol. The predicted molar refractivity (Wildman–Crippen MR) is 67.5 cm³/mol. The van der Waals surface area contributed by atoms with Gasteiger partial charge in [-0.2, -0.15) is 11.8 Å². The van der Waals surface area contributed by atoms with Crippen LogP contribution in [0.25, 0.3) is 0 Å². The molecule has 0 radical (unpaired) electrons. The fourth-order valence-corrected chi connectivity index (χ4v) is 2.79. The van der Waals surface area contributed by atoms with Crippen LogP contribution in [0.3, 0.4) is 0 Å². The van der Waals surface area contributed by atoms with Gasteiger partial charge in [-0.05, 0) is 12.8 Å². The normalized spacial score (nSPS) is 10.9. The number of nitrogens with one attached hydrogen (secondary N) is 1. The van der Waals surface area contributed by atoms with Gasteiger partial charge in [0.15, 0.2) is 5.16 Å². The Labute approximate surface area is 99.6 Å². The van der Waals surface area contributed by atoms with Crippen molar-refractivity contribution in [2.45, 2.75) is 18.6 Å². The third-order valence-corrected chi connectivity index (χ3v) is 4.10. The van der Waals surface area contributed by atoms with Crippen LogP contribution in [0.5, 0.6) is 0 Å². The van der Waals surface area contributed by atoms with Gasteiger partial charge >= 0.3 is 0 Å². The van der Waals surface area contributed by atoms with Crippen LogP contribution in [-0.2, 0) is 13.6 Å². The molecular weight excluding hydrogens is 228 g/mol. The first-order chi connectivity index (χ1) is 7.29. The molecule has 0 fully saturated rings. The fraction of sp³-hybridized carbons (Fsp3) is 0.778. The lowest BCUT2D eigenvalue weighted by atomic mass is 10.6. The Kier molecular flexibility index (Phi) is 6.12. The standard InChI is InChI=1S/C9H18N4S2/c1-4-14-5-6-15-9-12-11-8(7-10-2)13(9)3/h10H,4-7H2,1-3H3. The maximum absolute atomic E-state index is 4.16. The van der Waals surface area contributed by atoms with Crippen molar-refractivity contribution < 1.29 is 0 Å². The topological polar surface area (TPSA) is 42.7 Å². The van der Waals surface area contributed by atoms with Crippen molar-refractivity contribution in [3.63, 3.8) is 0 Å². The lowest BCUT2D eigenvalue weighted by Crippen LogP contribution is -2.10. The summed E-state index contributed by atoms with van der Waals surface area (Å²) in [6.07, 6.45) is 0. The second kappa shape index (κ2) is 7.14. The first-order valence-electron chi connectivity index (χ1n) is 5.03. The summed E-state index contributed by atoms with van der Waals surface area (Å²) in [7, 11) is 3.93. The van der Waals surface area contributed by atoms with Crippen LogP contribution in [0, 0.1) is 0 Å². The molecule has 86 valence electrons. The van der Waals surface area contributed by atoms with Crippen molar-refractivity contribution in [2.75, 3.05) is 24.3 Å². The van der Waals surface area contributed by atoms with E-state index in [0.717, 1.165) is 23.3 Å². The molecule has 1 aromatic heterocycles. The minimum absolute atomic E-state index is 0.772. The van der Waals surface area contributed by atoms with E-state index in [-0.39, 0.29) is 0 Å². The molecule has 0 aliphatic heterocycles. The van der Waals surface area contributed by atoms with Crippen LogP contribution in [0.2, 0.25) is 0 Å². The second-order valence-electron chi connectivity index (χ2n) is 3.03. The van der Waals surface area contributed by atoms with E-state index in [9.17, 15) is 0 Å². The molecule has 0 aliphatic rings. The maximum atomic E-state index is 4.16. The van der Waals surface area contributed by atoms with Gasteiger partial charge in [0.25, 0.3) is 0 Å². The van der Waals surface area contributed by atoms with E-state index in [1.54, 1.807) is 11.8 Å².